The highest BCUT2D eigenvalue weighted by molar-refractivity contribution is 5.78. The summed E-state index contributed by atoms with van der Waals surface area (Å²) in [6, 6.07) is 2.52. The van der Waals surface area contributed by atoms with Gasteiger partial charge >= 0.3 is 0 Å². The SMILES string of the molecule is CCc1nc(C)cc(N2C[C@@H]3CN(CC(=O)NC4CCCC4)C[C@]3(C)C2)n1. The number of hydrogen-bond donors (Lipinski definition) is 1. The summed E-state index contributed by atoms with van der Waals surface area (Å²) in [5, 5.41) is 3.23. The highest BCUT2D eigenvalue weighted by Crippen LogP contribution is 2.43. The summed E-state index contributed by atoms with van der Waals surface area (Å²) in [5.41, 5.74) is 1.28. The molecule has 0 spiro atoms. The number of nitrogens with zero attached hydrogens (tertiary/aromatic N) is 4. The number of carbonyl (C=O) groups is 1. The van der Waals surface area contributed by atoms with Crippen molar-refractivity contribution in [2.45, 2.75) is 58.9 Å². The maximum Gasteiger partial charge on any atom is 0.234 e. The first-order chi connectivity index (χ1) is 12.9. The van der Waals surface area contributed by atoms with Gasteiger partial charge in [0, 0.05) is 55.8 Å². The molecule has 0 radical (unpaired) electrons. The first kappa shape index (κ1) is 18.7. The van der Waals surface area contributed by atoms with Crippen LogP contribution < -0.4 is 10.2 Å². The van der Waals surface area contributed by atoms with Crippen LogP contribution in [0.5, 0.6) is 0 Å². The van der Waals surface area contributed by atoms with Crippen LogP contribution in [-0.4, -0.2) is 59.5 Å². The van der Waals surface area contributed by atoms with Gasteiger partial charge in [-0.1, -0.05) is 26.7 Å². The van der Waals surface area contributed by atoms with Crippen molar-refractivity contribution in [2.24, 2.45) is 11.3 Å². The van der Waals surface area contributed by atoms with Gasteiger partial charge in [0.2, 0.25) is 5.91 Å². The van der Waals surface area contributed by atoms with Gasteiger partial charge in [0.05, 0.1) is 6.54 Å². The fourth-order valence-electron chi connectivity index (χ4n) is 5.23. The van der Waals surface area contributed by atoms with E-state index in [0.29, 0.717) is 18.5 Å². The van der Waals surface area contributed by atoms with Crippen molar-refractivity contribution in [3.63, 3.8) is 0 Å². The number of carbonyl (C=O) groups excluding carboxylic acids is 1. The third-order valence-corrected chi connectivity index (χ3v) is 6.66. The van der Waals surface area contributed by atoms with Crippen LogP contribution in [0.25, 0.3) is 0 Å². The average Bonchev–Trinajstić information content (AvgIpc) is 3.28. The molecule has 3 fully saturated rings. The molecule has 2 atom stereocenters. The number of rotatable bonds is 5. The monoisotopic (exact) mass is 371 g/mol. The van der Waals surface area contributed by atoms with Crippen molar-refractivity contribution in [3.05, 3.63) is 17.6 Å². The number of hydrogen-bond acceptors (Lipinski definition) is 5. The van der Waals surface area contributed by atoms with E-state index in [1.54, 1.807) is 0 Å². The standard InChI is InChI=1S/C21H33N5O/c1-4-18-22-15(2)9-19(24-18)26-11-16-10-25(13-21(16,3)14-26)12-20(27)23-17-7-5-6-8-17/h9,16-17H,4-8,10-14H2,1-3H3,(H,23,27)/t16-,21+/m0/s1. The Bertz CT molecular complexity index is 702. The molecule has 1 N–H and O–H groups in total. The first-order valence-electron chi connectivity index (χ1n) is 10.6. The normalized spacial score (nSPS) is 28.7. The van der Waals surface area contributed by atoms with Crippen LogP contribution in [0, 0.1) is 18.3 Å². The molecule has 6 heteroatoms. The van der Waals surface area contributed by atoms with Gasteiger partial charge in [0.25, 0.3) is 0 Å². The Labute approximate surface area is 162 Å². The van der Waals surface area contributed by atoms with E-state index in [1.807, 2.05) is 6.92 Å². The lowest BCUT2D eigenvalue weighted by Gasteiger charge is -2.26. The van der Waals surface area contributed by atoms with Crippen LogP contribution in [0.2, 0.25) is 0 Å². The zero-order valence-corrected chi connectivity index (χ0v) is 17.0. The molecule has 148 valence electrons. The fraction of sp³-hybridized carbons (Fsp3) is 0.762. The molecule has 0 bridgehead atoms. The van der Waals surface area contributed by atoms with E-state index in [-0.39, 0.29) is 11.3 Å². The minimum Gasteiger partial charge on any atom is -0.356 e. The van der Waals surface area contributed by atoms with Crippen LogP contribution in [0.1, 0.15) is 51.0 Å². The summed E-state index contributed by atoms with van der Waals surface area (Å²) >= 11 is 0. The van der Waals surface area contributed by atoms with Crippen molar-refractivity contribution in [1.29, 1.82) is 0 Å². The Kier molecular flexibility index (Phi) is 5.10. The molecule has 3 aliphatic rings. The lowest BCUT2D eigenvalue weighted by molar-refractivity contribution is -0.122. The second kappa shape index (κ2) is 7.38. The molecule has 2 aliphatic heterocycles. The molecule has 2 saturated heterocycles. The minimum absolute atomic E-state index is 0.210. The van der Waals surface area contributed by atoms with Crippen LogP contribution in [0.3, 0.4) is 0 Å². The Hall–Kier alpha value is -1.69. The highest BCUT2D eigenvalue weighted by Gasteiger charge is 2.49. The smallest absolute Gasteiger partial charge is 0.234 e. The predicted octanol–water partition coefficient (Wildman–Crippen LogP) is 2.16. The molecule has 27 heavy (non-hydrogen) atoms. The number of aryl methyl sites for hydroxylation is 2. The maximum absolute atomic E-state index is 12.4. The molecule has 3 heterocycles. The number of amides is 1. The summed E-state index contributed by atoms with van der Waals surface area (Å²) < 4.78 is 0. The van der Waals surface area contributed by atoms with E-state index in [9.17, 15) is 4.79 Å². The van der Waals surface area contributed by atoms with E-state index >= 15 is 0 Å². The number of anilines is 1. The quantitative estimate of drug-likeness (QED) is 0.859. The van der Waals surface area contributed by atoms with Crippen molar-refractivity contribution in [1.82, 2.24) is 20.2 Å². The molecule has 1 amide bonds. The number of fused-ring (bicyclic) bond motifs is 1. The third kappa shape index (κ3) is 3.96. The Morgan fingerprint density at radius 2 is 2.04 bits per heavy atom. The summed E-state index contributed by atoms with van der Waals surface area (Å²) in [6.07, 6.45) is 5.69. The van der Waals surface area contributed by atoms with E-state index in [1.165, 1.54) is 12.8 Å². The Balaban J connectivity index is 1.35. The van der Waals surface area contributed by atoms with Crippen molar-refractivity contribution in [2.75, 3.05) is 37.6 Å². The minimum atomic E-state index is 0.210. The third-order valence-electron chi connectivity index (χ3n) is 6.66. The van der Waals surface area contributed by atoms with E-state index in [4.69, 9.17) is 4.98 Å². The van der Waals surface area contributed by atoms with E-state index in [2.05, 4.69) is 40.0 Å². The molecule has 1 aromatic heterocycles. The highest BCUT2D eigenvalue weighted by atomic mass is 16.2. The molecular formula is C21H33N5O. The van der Waals surface area contributed by atoms with Crippen LogP contribution >= 0.6 is 0 Å². The van der Waals surface area contributed by atoms with Gasteiger partial charge in [-0.15, -0.1) is 0 Å². The van der Waals surface area contributed by atoms with Gasteiger partial charge in [0.1, 0.15) is 11.6 Å². The van der Waals surface area contributed by atoms with Crippen molar-refractivity contribution >= 4 is 11.7 Å². The largest absolute Gasteiger partial charge is 0.356 e. The zero-order chi connectivity index (χ0) is 19.0. The number of likely N-dealkylation sites (tertiary alicyclic amines) is 1. The van der Waals surface area contributed by atoms with E-state index < -0.39 is 0 Å². The summed E-state index contributed by atoms with van der Waals surface area (Å²) in [7, 11) is 0. The van der Waals surface area contributed by atoms with Crippen LogP contribution in [0.15, 0.2) is 6.07 Å². The molecule has 0 aromatic carbocycles. The molecule has 0 unspecified atom stereocenters. The summed E-state index contributed by atoms with van der Waals surface area (Å²) in [4.78, 5) is 26.4. The molecule has 1 aromatic rings. The van der Waals surface area contributed by atoms with E-state index in [0.717, 1.165) is 62.8 Å². The first-order valence-corrected chi connectivity index (χ1v) is 10.6. The predicted molar refractivity (Wildman–Crippen MR) is 107 cm³/mol. The van der Waals surface area contributed by atoms with Gasteiger partial charge in [-0.25, -0.2) is 9.97 Å². The Morgan fingerprint density at radius 3 is 2.74 bits per heavy atom. The van der Waals surface area contributed by atoms with Crippen molar-refractivity contribution in [3.8, 4) is 0 Å². The maximum atomic E-state index is 12.4. The molecule has 1 aliphatic carbocycles. The lowest BCUT2D eigenvalue weighted by atomic mass is 9.83. The van der Waals surface area contributed by atoms with Gasteiger partial charge in [0.15, 0.2) is 0 Å². The Morgan fingerprint density at radius 1 is 1.26 bits per heavy atom. The molecular weight excluding hydrogens is 338 g/mol. The zero-order valence-electron chi connectivity index (χ0n) is 17.0. The van der Waals surface area contributed by atoms with Gasteiger partial charge in [-0.3, -0.25) is 9.69 Å². The topological polar surface area (TPSA) is 61.4 Å². The second-order valence-corrected chi connectivity index (χ2v) is 9.09. The summed E-state index contributed by atoms with van der Waals surface area (Å²) in [6.45, 7) is 11.1. The number of nitrogens with one attached hydrogen (secondary N) is 1. The molecule has 1 saturated carbocycles. The van der Waals surface area contributed by atoms with Crippen molar-refractivity contribution < 1.29 is 4.79 Å². The van der Waals surface area contributed by atoms with Gasteiger partial charge < -0.3 is 10.2 Å². The molecule has 4 rings (SSSR count). The summed E-state index contributed by atoms with van der Waals surface area (Å²) in [5.74, 6) is 2.80. The van der Waals surface area contributed by atoms with Gasteiger partial charge in [-0.05, 0) is 25.7 Å². The second-order valence-electron chi connectivity index (χ2n) is 9.09. The van der Waals surface area contributed by atoms with Crippen LogP contribution in [0.4, 0.5) is 5.82 Å². The fourth-order valence-corrected chi connectivity index (χ4v) is 5.23. The lowest BCUT2D eigenvalue weighted by Crippen LogP contribution is -2.42. The molecule has 6 nitrogen and oxygen atoms in total. The van der Waals surface area contributed by atoms with Crippen LogP contribution in [-0.2, 0) is 11.2 Å². The number of aromatic nitrogens is 2. The average molecular weight is 372 g/mol. The van der Waals surface area contributed by atoms with Gasteiger partial charge in [-0.2, -0.15) is 0 Å².